The summed E-state index contributed by atoms with van der Waals surface area (Å²) in [7, 11) is 0. The van der Waals surface area contributed by atoms with Crippen molar-refractivity contribution >= 4 is 5.91 Å². The van der Waals surface area contributed by atoms with Gasteiger partial charge < -0.3 is 40.3 Å². The molecule has 0 radical (unpaired) electrons. The van der Waals surface area contributed by atoms with E-state index in [4.69, 9.17) is 9.47 Å². The monoisotopic (exact) mass is 798 g/mol. The summed E-state index contributed by atoms with van der Waals surface area (Å²) in [4.78, 5) is 13.0. The van der Waals surface area contributed by atoms with Gasteiger partial charge in [0.2, 0.25) is 5.91 Å². The lowest BCUT2D eigenvalue weighted by atomic mass is 9.99. The first kappa shape index (κ1) is 52.9. The number of aliphatic hydroxyl groups excluding tert-OH is 5. The van der Waals surface area contributed by atoms with Gasteiger partial charge in [-0.3, -0.25) is 4.79 Å². The second kappa shape index (κ2) is 38.2. The Kier molecular flexibility index (Phi) is 36.1. The number of hydrogen-bond donors (Lipinski definition) is 6. The number of rotatable bonds is 40. The quantitative estimate of drug-likeness (QED) is 0.0265. The van der Waals surface area contributed by atoms with Crippen LogP contribution >= 0.6 is 0 Å². The minimum atomic E-state index is -1.55. The molecule has 0 saturated carbocycles. The van der Waals surface area contributed by atoms with Gasteiger partial charge in [-0.25, -0.2) is 0 Å². The third-order valence-corrected chi connectivity index (χ3v) is 11.6. The number of hydrogen-bond acceptors (Lipinski definition) is 8. The number of allylic oxidation sites excluding steroid dienone is 2. The van der Waals surface area contributed by atoms with Gasteiger partial charge in [-0.1, -0.05) is 193 Å². The van der Waals surface area contributed by atoms with Gasteiger partial charge >= 0.3 is 0 Å². The molecular formula is C47H91NO8. The van der Waals surface area contributed by atoms with E-state index < -0.39 is 49.5 Å². The number of carbonyl (C=O) groups is 1. The molecule has 1 rings (SSSR count). The highest BCUT2D eigenvalue weighted by molar-refractivity contribution is 5.76. The van der Waals surface area contributed by atoms with Crippen LogP contribution in [0.2, 0.25) is 0 Å². The third-order valence-electron chi connectivity index (χ3n) is 11.6. The van der Waals surface area contributed by atoms with Crippen molar-refractivity contribution in [1.82, 2.24) is 5.32 Å². The molecule has 332 valence electrons. The maximum Gasteiger partial charge on any atom is 0.220 e. The van der Waals surface area contributed by atoms with Gasteiger partial charge in [-0.15, -0.1) is 0 Å². The van der Waals surface area contributed by atoms with Gasteiger partial charge in [0, 0.05) is 6.42 Å². The molecule has 1 amide bonds. The Morgan fingerprint density at radius 3 is 1.45 bits per heavy atom. The van der Waals surface area contributed by atoms with Crippen LogP contribution in [0.1, 0.15) is 226 Å². The Morgan fingerprint density at radius 2 is 1.00 bits per heavy atom. The number of nitrogens with one attached hydrogen (secondary N) is 1. The van der Waals surface area contributed by atoms with Crippen LogP contribution in [0.5, 0.6) is 0 Å². The molecule has 2 unspecified atom stereocenters. The molecule has 0 aromatic rings. The number of ether oxygens (including phenoxy) is 2. The molecule has 1 saturated heterocycles. The first-order chi connectivity index (χ1) is 27.3. The van der Waals surface area contributed by atoms with Gasteiger partial charge in [-0.2, -0.15) is 0 Å². The summed E-state index contributed by atoms with van der Waals surface area (Å²) in [6, 6.07) is -0.729. The summed E-state index contributed by atoms with van der Waals surface area (Å²) >= 11 is 0. The minimum absolute atomic E-state index is 0.146. The van der Waals surface area contributed by atoms with Crippen molar-refractivity contribution in [1.29, 1.82) is 0 Å². The molecule has 1 fully saturated rings. The van der Waals surface area contributed by atoms with Crippen molar-refractivity contribution < 1.29 is 39.8 Å². The van der Waals surface area contributed by atoms with Crippen LogP contribution < -0.4 is 5.32 Å². The average Bonchev–Trinajstić information content (AvgIpc) is 3.20. The van der Waals surface area contributed by atoms with Gasteiger partial charge in [0.25, 0.3) is 0 Å². The van der Waals surface area contributed by atoms with Crippen molar-refractivity contribution in [2.24, 2.45) is 0 Å². The molecule has 9 heteroatoms. The first-order valence-corrected chi connectivity index (χ1v) is 23.9. The number of unbranched alkanes of at least 4 members (excludes halogenated alkanes) is 28. The molecule has 1 heterocycles. The predicted molar refractivity (Wildman–Crippen MR) is 231 cm³/mol. The van der Waals surface area contributed by atoms with E-state index in [-0.39, 0.29) is 12.5 Å². The highest BCUT2D eigenvalue weighted by Gasteiger charge is 2.44. The fourth-order valence-electron chi connectivity index (χ4n) is 7.74. The van der Waals surface area contributed by atoms with E-state index >= 15 is 0 Å². The van der Waals surface area contributed by atoms with E-state index in [0.717, 1.165) is 44.9 Å². The van der Waals surface area contributed by atoms with Crippen LogP contribution in [0, 0.1) is 0 Å². The van der Waals surface area contributed by atoms with Crippen LogP contribution in [0.25, 0.3) is 0 Å². The zero-order valence-electron chi connectivity index (χ0n) is 36.4. The van der Waals surface area contributed by atoms with E-state index in [1.54, 1.807) is 0 Å². The Balaban J connectivity index is 2.28. The summed E-state index contributed by atoms with van der Waals surface area (Å²) < 4.78 is 11.2. The standard InChI is InChI=1S/C47H91NO8/c1-3-5-7-9-11-13-15-17-18-19-20-21-22-23-25-27-29-31-33-35-37-43(51)48-40(39-55-47-46(54)45(53)44(52)42(38-49)56-47)41(50)36-34-32-30-28-26-24-16-14-12-10-8-6-4-2/h26,28,40-42,44-47,49-50,52-54H,3-25,27,29-39H2,1-2H3,(H,48,51)/b28-26+/t40-,41+,42-,44-,45?,46?,47-/m0/s1. The maximum atomic E-state index is 13.0. The normalized spacial score (nSPS) is 21.2. The van der Waals surface area contributed by atoms with Crippen LogP contribution in [-0.2, 0) is 14.3 Å². The van der Waals surface area contributed by atoms with Crippen LogP contribution in [0.3, 0.4) is 0 Å². The summed E-state index contributed by atoms with van der Waals surface area (Å²) in [5.74, 6) is -0.151. The number of amides is 1. The van der Waals surface area contributed by atoms with Crippen molar-refractivity contribution in [3.05, 3.63) is 12.2 Å². The van der Waals surface area contributed by atoms with Gasteiger partial charge in [0.15, 0.2) is 6.29 Å². The van der Waals surface area contributed by atoms with Crippen LogP contribution in [-0.4, -0.2) is 87.5 Å². The topological polar surface area (TPSA) is 149 Å². The molecule has 56 heavy (non-hydrogen) atoms. The lowest BCUT2D eigenvalue weighted by molar-refractivity contribution is -0.302. The summed E-state index contributed by atoms with van der Waals surface area (Å²) in [6.45, 7) is 3.82. The fraction of sp³-hybridized carbons (Fsp3) is 0.936. The molecule has 0 aliphatic carbocycles. The van der Waals surface area contributed by atoms with Crippen molar-refractivity contribution in [3.63, 3.8) is 0 Å². The van der Waals surface area contributed by atoms with Gasteiger partial charge in [0.1, 0.15) is 24.4 Å². The molecule has 1 aliphatic heterocycles. The minimum Gasteiger partial charge on any atom is -0.394 e. The molecule has 0 aromatic heterocycles. The molecule has 0 bridgehead atoms. The highest BCUT2D eigenvalue weighted by atomic mass is 16.7. The lowest BCUT2D eigenvalue weighted by Gasteiger charge is -2.40. The van der Waals surface area contributed by atoms with E-state index in [0.29, 0.717) is 12.8 Å². The summed E-state index contributed by atoms with van der Waals surface area (Å²) in [5, 5.41) is 54.3. The summed E-state index contributed by atoms with van der Waals surface area (Å²) in [5.41, 5.74) is 0. The zero-order chi connectivity index (χ0) is 40.9. The molecule has 1 aliphatic rings. The summed E-state index contributed by atoms with van der Waals surface area (Å²) in [6.07, 6.45) is 36.5. The van der Waals surface area contributed by atoms with E-state index in [1.807, 2.05) is 0 Å². The molecule has 7 atom stereocenters. The van der Waals surface area contributed by atoms with E-state index in [1.165, 1.54) is 154 Å². The predicted octanol–water partition coefficient (Wildman–Crippen LogP) is 10.1. The molecule has 9 nitrogen and oxygen atoms in total. The largest absolute Gasteiger partial charge is 0.394 e. The van der Waals surface area contributed by atoms with Crippen molar-refractivity contribution in [2.45, 2.75) is 269 Å². The maximum absolute atomic E-state index is 13.0. The molecule has 0 spiro atoms. The zero-order valence-corrected chi connectivity index (χ0v) is 36.4. The Morgan fingerprint density at radius 1 is 0.589 bits per heavy atom. The smallest absolute Gasteiger partial charge is 0.220 e. The lowest BCUT2D eigenvalue weighted by Crippen LogP contribution is -2.60. The van der Waals surface area contributed by atoms with Crippen molar-refractivity contribution in [2.75, 3.05) is 13.2 Å². The van der Waals surface area contributed by atoms with Gasteiger partial charge in [-0.05, 0) is 38.5 Å². The van der Waals surface area contributed by atoms with Gasteiger partial charge in [0.05, 0.1) is 25.4 Å². The second-order valence-corrected chi connectivity index (χ2v) is 16.9. The highest BCUT2D eigenvalue weighted by Crippen LogP contribution is 2.23. The molecular weight excluding hydrogens is 707 g/mol. The number of aliphatic hydroxyl groups is 5. The number of carbonyl (C=O) groups excluding carboxylic acids is 1. The third kappa shape index (κ3) is 28.4. The first-order valence-electron chi connectivity index (χ1n) is 23.9. The van der Waals surface area contributed by atoms with Crippen LogP contribution in [0.4, 0.5) is 0 Å². The average molecular weight is 798 g/mol. The van der Waals surface area contributed by atoms with Crippen molar-refractivity contribution in [3.8, 4) is 0 Å². The second-order valence-electron chi connectivity index (χ2n) is 16.9. The van der Waals surface area contributed by atoms with Crippen LogP contribution in [0.15, 0.2) is 12.2 Å². The Hall–Kier alpha value is -1.07. The Labute approximate surface area is 344 Å². The fourth-order valence-corrected chi connectivity index (χ4v) is 7.74. The molecule has 6 N–H and O–H groups in total. The molecule has 0 aromatic carbocycles. The van der Waals surface area contributed by atoms with E-state index in [2.05, 4.69) is 31.3 Å². The van der Waals surface area contributed by atoms with E-state index in [9.17, 15) is 30.3 Å². The SMILES string of the molecule is CCCCCCCCC/C=C/CCCC[C@@H](O)[C@H](CO[C@H]1O[C@@H](CO)[C@H](O)C(O)C1O)NC(=O)CCCCCCCCCCCCCCCCCCCCCC. The Bertz CT molecular complexity index is 888.